The van der Waals surface area contributed by atoms with Gasteiger partial charge in [0.2, 0.25) is 0 Å². The van der Waals surface area contributed by atoms with Crippen LogP contribution in [0.4, 0.5) is 0 Å². The Morgan fingerprint density at radius 1 is 1.50 bits per heavy atom. The molecular formula is C8H17O3P. The maximum atomic E-state index is 11.6. The highest BCUT2D eigenvalue weighted by Crippen LogP contribution is 2.46. The smallest absolute Gasteiger partial charge is 0.304 e. The predicted octanol–water partition coefficient (Wildman–Crippen LogP) is 2.25. The van der Waals surface area contributed by atoms with Crippen molar-refractivity contribution in [3.63, 3.8) is 0 Å². The van der Waals surface area contributed by atoms with Crippen molar-refractivity contribution in [3.8, 4) is 0 Å². The molecule has 3 nitrogen and oxygen atoms in total. The van der Waals surface area contributed by atoms with Crippen molar-refractivity contribution in [2.24, 2.45) is 0 Å². The van der Waals surface area contributed by atoms with Gasteiger partial charge in [-0.1, -0.05) is 13.3 Å². The molecule has 0 aromatic heterocycles. The molecule has 0 spiro atoms. The highest BCUT2D eigenvalue weighted by molar-refractivity contribution is 7.63. The molecule has 0 heterocycles. The Morgan fingerprint density at radius 3 is 2.25 bits per heavy atom. The van der Waals surface area contributed by atoms with E-state index in [2.05, 4.69) is 0 Å². The molecule has 0 rings (SSSR count). The first-order valence-electron chi connectivity index (χ1n) is 4.14. The Bertz CT molecular complexity index is 194. The fourth-order valence-electron chi connectivity index (χ4n) is 1.17. The van der Waals surface area contributed by atoms with Crippen LogP contribution in [0.3, 0.4) is 0 Å². The predicted molar refractivity (Wildman–Crippen MR) is 50.4 cm³/mol. The van der Waals surface area contributed by atoms with E-state index in [1.54, 1.807) is 13.3 Å². The van der Waals surface area contributed by atoms with E-state index in [0.717, 1.165) is 12.8 Å². The summed E-state index contributed by atoms with van der Waals surface area (Å²) in [5.41, 5.74) is -0.139. The number of carboxylic acids is 1. The molecule has 0 amide bonds. The Kier molecular flexibility index (Phi) is 4.54. The third kappa shape index (κ3) is 4.55. The molecule has 1 N–H and O–H groups in total. The molecule has 0 aromatic rings. The van der Waals surface area contributed by atoms with Crippen LogP contribution < -0.4 is 0 Å². The average molecular weight is 192 g/mol. The van der Waals surface area contributed by atoms with Crippen LogP contribution in [0.15, 0.2) is 0 Å². The SMILES string of the molecule is CCCC(CC(=O)O)P(C)(C)=O. The number of hydrogen-bond acceptors (Lipinski definition) is 2. The lowest BCUT2D eigenvalue weighted by atomic mass is 10.2. The van der Waals surface area contributed by atoms with Crippen LogP contribution in [-0.2, 0) is 9.36 Å². The second-order valence-electron chi connectivity index (χ2n) is 3.47. The van der Waals surface area contributed by atoms with E-state index in [-0.39, 0.29) is 12.1 Å². The second-order valence-corrected chi connectivity index (χ2v) is 7.07. The first kappa shape index (κ1) is 11.7. The quantitative estimate of drug-likeness (QED) is 0.679. The van der Waals surface area contributed by atoms with Gasteiger partial charge in [0.05, 0.1) is 13.6 Å². The van der Waals surface area contributed by atoms with Gasteiger partial charge < -0.3 is 9.67 Å². The molecule has 0 saturated heterocycles. The molecule has 4 heteroatoms. The van der Waals surface area contributed by atoms with Crippen LogP contribution in [0.5, 0.6) is 0 Å². The fourth-order valence-corrected chi connectivity index (χ4v) is 2.64. The van der Waals surface area contributed by atoms with Crippen molar-refractivity contribution >= 4 is 13.1 Å². The van der Waals surface area contributed by atoms with Gasteiger partial charge in [-0.15, -0.1) is 0 Å². The summed E-state index contributed by atoms with van der Waals surface area (Å²) in [4.78, 5) is 10.4. The van der Waals surface area contributed by atoms with E-state index < -0.39 is 13.1 Å². The zero-order valence-electron chi connectivity index (χ0n) is 7.91. The maximum Gasteiger partial charge on any atom is 0.304 e. The van der Waals surface area contributed by atoms with Crippen LogP contribution in [-0.4, -0.2) is 30.1 Å². The van der Waals surface area contributed by atoms with E-state index in [1.165, 1.54) is 0 Å². The second kappa shape index (κ2) is 4.66. The van der Waals surface area contributed by atoms with Crippen LogP contribution in [0, 0.1) is 0 Å². The van der Waals surface area contributed by atoms with Crippen molar-refractivity contribution in [1.82, 2.24) is 0 Å². The summed E-state index contributed by atoms with van der Waals surface area (Å²) in [6, 6.07) is 0. The summed E-state index contributed by atoms with van der Waals surface area (Å²) in [5, 5.41) is 8.55. The lowest BCUT2D eigenvalue weighted by Crippen LogP contribution is -2.13. The van der Waals surface area contributed by atoms with Crippen LogP contribution in [0.1, 0.15) is 26.2 Å². The molecule has 72 valence electrons. The van der Waals surface area contributed by atoms with Gasteiger partial charge in [-0.2, -0.15) is 0 Å². The van der Waals surface area contributed by atoms with Gasteiger partial charge in [-0.25, -0.2) is 0 Å². The lowest BCUT2D eigenvalue weighted by Gasteiger charge is -2.18. The van der Waals surface area contributed by atoms with Crippen LogP contribution >= 0.6 is 7.14 Å². The molecule has 1 atom stereocenters. The molecule has 0 aromatic carbocycles. The summed E-state index contributed by atoms with van der Waals surface area (Å²) < 4.78 is 11.6. The average Bonchev–Trinajstić information content (AvgIpc) is 1.83. The van der Waals surface area contributed by atoms with E-state index in [9.17, 15) is 9.36 Å². The zero-order valence-corrected chi connectivity index (χ0v) is 8.80. The van der Waals surface area contributed by atoms with Gasteiger partial charge in [-0.3, -0.25) is 4.79 Å². The molecule has 0 bridgehead atoms. The summed E-state index contributed by atoms with van der Waals surface area (Å²) in [6.45, 7) is 5.30. The molecule has 0 aliphatic carbocycles. The normalized spacial score (nSPS) is 14.2. The summed E-state index contributed by atoms with van der Waals surface area (Å²) in [6.07, 6.45) is 1.68. The number of carboxylic acid groups (broad SMARTS) is 1. The first-order valence-corrected chi connectivity index (χ1v) is 6.81. The molecule has 0 aliphatic rings. The molecule has 0 radical (unpaired) electrons. The van der Waals surface area contributed by atoms with Crippen molar-refractivity contribution in [2.45, 2.75) is 31.8 Å². The number of aliphatic carboxylic acids is 1. The third-order valence-corrected chi connectivity index (χ3v) is 4.11. The number of rotatable bonds is 5. The number of hydrogen-bond donors (Lipinski definition) is 1. The lowest BCUT2D eigenvalue weighted by molar-refractivity contribution is -0.137. The Morgan fingerprint density at radius 2 is 2.00 bits per heavy atom. The standard InChI is InChI=1S/C8H17O3P/c1-4-5-7(6-8(9)10)12(2,3)11/h7H,4-6H2,1-3H3,(H,9,10). The first-order chi connectivity index (χ1) is 5.38. The van der Waals surface area contributed by atoms with E-state index in [4.69, 9.17) is 5.11 Å². The van der Waals surface area contributed by atoms with Gasteiger partial charge in [-0.05, 0) is 19.8 Å². The van der Waals surface area contributed by atoms with Crippen LogP contribution in [0.2, 0.25) is 0 Å². The summed E-state index contributed by atoms with van der Waals surface area (Å²) in [5.74, 6) is -0.850. The molecule has 0 fully saturated rings. The Hall–Kier alpha value is -0.300. The maximum absolute atomic E-state index is 11.6. The topological polar surface area (TPSA) is 54.4 Å². The Labute approximate surface area is 73.5 Å². The molecule has 12 heavy (non-hydrogen) atoms. The fraction of sp³-hybridized carbons (Fsp3) is 0.875. The summed E-state index contributed by atoms with van der Waals surface area (Å²) in [7, 11) is -2.23. The molecule has 0 saturated carbocycles. The van der Waals surface area contributed by atoms with Crippen molar-refractivity contribution in [1.29, 1.82) is 0 Å². The van der Waals surface area contributed by atoms with E-state index in [1.807, 2.05) is 6.92 Å². The van der Waals surface area contributed by atoms with Crippen molar-refractivity contribution < 1.29 is 14.5 Å². The third-order valence-electron chi connectivity index (χ3n) is 1.91. The number of carbonyl (C=O) groups is 1. The minimum absolute atomic E-state index is 0.0398. The largest absolute Gasteiger partial charge is 0.481 e. The minimum Gasteiger partial charge on any atom is -0.481 e. The summed E-state index contributed by atoms with van der Waals surface area (Å²) >= 11 is 0. The molecule has 0 aliphatic heterocycles. The van der Waals surface area contributed by atoms with E-state index in [0.29, 0.717) is 0 Å². The van der Waals surface area contributed by atoms with Gasteiger partial charge in [0.1, 0.15) is 0 Å². The molecular weight excluding hydrogens is 175 g/mol. The molecule has 1 unspecified atom stereocenters. The Balaban J connectivity index is 4.24. The minimum atomic E-state index is -2.23. The van der Waals surface area contributed by atoms with Crippen molar-refractivity contribution in [2.75, 3.05) is 13.3 Å². The van der Waals surface area contributed by atoms with Gasteiger partial charge >= 0.3 is 5.97 Å². The highest BCUT2D eigenvalue weighted by Gasteiger charge is 2.24. The van der Waals surface area contributed by atoms with Crippen molar-refractivity contribution in [3.05, 3.63) is 0 Å². The van der Waals surface area contributed by atoms with Crippen LogP contribution in [0.25, 0.3) is 0 Å². The highest BCUT2D eigenvalue weighted by atomic mass is 31.2. The van der Waals surface area contributed by atoms with Gasteiger partial charge in [0.15, 0.2) is 0 Å². The van der Waals surface area contributed by atoms with E-state index >= 15 is 0 Å². The van der Waals surface area contributed by atoms with Gasteiger partial charge in [0, 0.05) is 5.66 Å². The monoisotopic (exact) mass is 192 g/mol. The zero-order chi connectivity index (χ0) is 9.78. The van der Waals surface area contributed by atoms with Gasteiger partial charge in [0.25, 0.3) is 0 Å².